The minimum Gasteiger partial charge on any atom is -0.490 e. The van der Waals surface area contributed by atoms with Crippen LogP contribution >= 0.6 is 15.9 Å². The SMILES string of the molecule is CCOc1cc(CNc2ccc(C)cc2C)cc(Br)c1OCc1cccc(F)c1. The molecule has 0 saturated heterocycles. The molecule has 0 atom stereocenters. The molecule has 0 saturated carbocycles. The number of aryl methyl sites for hydroxylation is 2. The lowest BCUT2D eigenvalue weighted by molar-refractivity contribution is 0.267. The van der Waals surface area contributed by atoms with Crippen molar-refractivity contribution in [3.05, 3.63) is 87.1 Å². The Morgan fingerprint density at radius 1 is 0.966 bits per heavy atom. The van der Waals surface area contributed by atoms with Crippen molar-refractivity contribution in [1.82, 2.24) is 0 Å². The number of benzene rings is 3. The summed E-state index contributed by atoms with van der Waals surface area (Å²) in [4.78, 5) is 0. The second-order valence-corrected chi connectivity index (χ2v) is 7.78. The molecule has 0 aromatic heterocycles. The van der Waals surface area contributed by atoms with E-state index in [1.54, 1.807) is 6.07 Å². The summed E-state index contributed by atoms with van der Waals surface area (Å²) in [5.74, 6) is 1.00. The van der Waals surface area contributed by atoms with Crippen molar-refractivity contribution >= 4 is 21.6 Å². The Morgan fingerprint density at radius 2 is 1.79 bits per heavy atom. The highest BCUT2D eigenvalue weighted by atomic mass is 79.9. The highest BCUT2D eigenvalue weighted by Crippen LogP contribution is 2.37. The topological polar surface area (TPSA) is 30.5 Å². The third-order valence-corrected chi connectivity index (χ3v) is 5.10. The first-order chi connectivity index (χ1) is 14.0. The zero-order valence-electron chi connectivity index (χ0n) is 16.9. The van der Waals surface area contributed by atoms with Crippen molar-refractivity contribution < 1.29 is 13.9 Å². The molecule has 5 heteroatoms. The van der Waals surface area contributed by atoms with E-state index in [1.165, 1.54) is 23.3 Å². The third kappa shape index (κ3) is 5.73. The van der Waals surface area contributed by atoms with Crippen molar-refractivity contribution in [3.63, 3.8) is 0 Å². The van der Waals surface area contributed by atoms with Gasteiger partial charge in [-0.05, 0) is 83.7 Å². The van der Waals surface area contributed by atoms with Crippen LogP contribution in [-0.4, -0.2) is 6.61 Å². The van der Waals surface area contributed by atoms with Crippen LogP contribution in [0.1, 0.15) is 29.2 Å². The molecule has 3 rings (SSSR count). The average Bonchev–Trinajstić information content (AvgIpc) is 2.67. The lowest BCUT2D eigenvalue weighted by atomic mass is 10.1. The quantitative estimate of drug-likeness (QED) is 0.403. The van der Waals surface area contributed by atoms with Crippen LogP contribution in [0.4, 0.5) is 10.1 Å². The van der Waals surface area contributed by atoms with E-state index in [0.717, 1.165) is 21.3 Å². The zero-order valence-corrected chi connectivity index (χ0v) is 18.5. The van der Waals surface area contributed by atoms with Gasteiger partial charge in [0.2, 0.25) is 0 Å². The van der Waals surface area contributed by atoms with E-state index in [2.05, 4.69) is 53.3 Å². The van der Waals surface area contributed by atoms with Gasteiger partial charge in [-0.1, -0.05) is 29.8 Å². The Labute approximate surface area is 180 Å². The minimum absolute atomic E-state index is 0.261. The summed E-state index contributed by atoms with van der Waals surface area (Å²) in [7, 11) is 0. The van der Waals surface area contributed by atoms with Crippen LogP contribution in [0.25, 0.3) is 0 Å². The van der Waals surface area contributed by atoms with E-state index in [1.807, 2.05) is 25.1 Å². The van der Waals surface area contributed by atoms with Crippen LogP contribution in [0.3, 0.4) is 0 Å². The number of anilines is 1. The largest absolute Gasteiger partial charge is 0.490 e. The van der Waals surface area contributed by atoms with E-state index in [4.69, 9.17) is 9.47 Å². The molecule has 0 radical (unpaired) electrons. The van der Waals surface area contributed by atoms with E-state index < -0.39 is 0 Å². The lowest BCUT2D eigenvalue weighted by Gasteiger charge is -2.17. The molecule has 1 N–H and O–H groups in total. The molecule has 0 aliphatic carbocycles. The van der Waals surface area contributed by atoms with Gasteiger partial charge in [0.05, 0.1) is 11.1 Å². The van der Waals surface area contributed by atoms with Gasteiger partial charge < -0.3 is 14.8 Å². The Morgan fingerprint density at radius 3 is 2.52 bits per heavy atom. The van der Waals surface area contributed by atoms with Crippen LogP contribution < -0.4 is 14.8 Å². The Bertz CT molecular complexity index is 991. The molecule has 3 aromatic carbocycles. The maximum atomic E-state index is 13.4. The molecule has 3 aromatic rings. The smallest absolute Gasteiger partial charge is 0.175 e. The Hall–Kier alpha value is -2.53. The predicted octanol–water partition coefficient (Wildman–Crippen LogP) is 6.79. The summed E-state index contributed by atoms with van der Waals surface area (Å²) in [5, 5.41) is 3.48. The number of halogens is 2. The molecular formula is C24H25BrFNO2. The Balaban J connectivity index is 1.76. The maximum Gasteiger partial charge on any atom is 0.175 e. The molecule has 0 amide bonds. The number of ether oxygens (including phenoxy) is 2. The Kier molecular flexibility index (Phi) is 7.15. The minimum atomic E-state index is -0.275. The first-order valence-electron chi connectivity index (χ1n) is 9.60. The van der Waals surface area contributed by atoms with Gasteiger partial charge >= 0.3 is 0 Å². The zero-order chi connectivity index (χ0) is 20.8. The van der Waals surface area contributed by atoms with Gasteiger partial charge in [0.25, 0.3) is 0 Å². The fourth-order valence-corrected chi connectivity index (χ4v) is 3.72. The second-order valence-electron chi connectivity index (χ2n) is 6.93. The first kappa shape index (κ1) is 21.2. The average molecular weight is 458 g/mol. The molecule has 0 aliphatic rings. The summed E-state index contributed by atoms with van der Waals surface area (Å²) in [5.41, 5.74) is 5.40. The van der Waals surface area contributed by atoms with Gasteiger partial charge in [-0.3, -0.25) is 0 Å². The van der Waals surface area contributed by atoms with Gasteiger partial charge in [-0.15, -0.1) is 0 Å². The summed E-state index contributed by atoms with van der Waals surface area (Å²) < 4.78 is 26.0. The van der Waals surface area contributed by atoms with Gasteiger partial charge in [0, 0.05) is 12.2 Å². The predicted molar refractivity (Wildman–Crippen MR) is 119 cm³/mol. The van der Waals surface area contributed by atoms with Crippen LogP contribution in [0, 0.1) is 19.7 Å². The molecule has 0 fully saturated rings. The van der Waals surface area contributed by atoms with E-state index >= 15 is 0 Å². The molecule has 0 spiro atoms. The fourth-order valence-electron chi connectivity index (χ4n) is 3.12. The summed E-state index contributed by atoms with van der Waals surface area (Å²) >= 11 is 3.60. The van der Waals surface area contributed by atoms with Crippen molar-refractivity contribution in [2.75, 3.05) is 11.9 Å². The molecule has 0 unspecified atom stereocenters. The molecule has 0 heterocycles. The number of hydrogen-bond donors (Lipinski definition) is 1. The van der Waals surface area contributed by atoms with Gasteiger partial charge in [0.15, 0.2) is 11.5 Å². The van der Waals surface area contributed by atoms with Crippen molar-refractivity contribution in [2.45, 2.75) is 33.9 Å². The summed E-state index contributed by atoms with van der Waals surface area (Å²) in [6, 6.07) is 16.7. The molecule has 152 valence electrons. The van der Waals surface area contributed by atoms with Crippen LogP contribution in [0.15, 0.2) is 59.1 Å². The van der Waals surface area contributed by atoms with Gasteiger partial charge in [-0.2, -0.15) is 0 Å². The third-order valence-electron chi connectivity index (χ3n) is 4.51. The first-order valence-corrected chi connectivity index (χ1v) is 10.4. The monoisotopic (exact) mass is 457 g/mol. The highest BCUT2D eigenvalue weighted by Gasteiger charge is 2.13. The van der Waals surface area contributed by atoms with Crippen LogP contribution in [0.5, 0.6) is 11.5 Å². The maximum absolute atomic E-state index is 13.4. The number of nitrogens with one attached hydrogen (secondary N) is 1. The second kappa shape index (κ2) is 9.79. The van der Waals surface area contributed by atoms with Gasteiger partial charge in [0.1, 0.15) is 12.4 Å². The van der Waals surface area contributed by atoms with E-state index in [-0.39, 0.29) is 12.4 Å². The molecular weight excluding hydrogens is 433 g/mol. The summed E-state index contributed by atoms with van der Waals surface area (Å²) in [6.07, 6.45) is 0. The molecule has 29 heavy (non-hydrogen) atoms. The summed E-state index contributed by atoms with van der Waals surface area (Å²) in [6.45, 7) is 7.57. The van der Waals surface area contributed by atoms with Crippen molar-refractivity contribution in [3.8, 4) is 11.5 Å². The van der Waals surface area contributed by atoms with E-state index in [0.29, 0.717) is 24.7 Å². The normalized spacial score (nSPS) is 10.7. The molecule has 0 aliphatic heterocycles. The van der Waals surface area contributed by atoms with Gasteiger partial charge in [-0.25, -0.2) is 4.39 Å². The van der Waals surface area contributed by atoms with Crippen LogP contribution in [0.2, 0.25) is 0 Å². The van der Waals surface area contributed by atoms with Crippen LogP contribution in [-0.2, 0) is 13.2 Å². The van der Waals surface area contributed by atoms with Crippen molar-refractivity contribution in [1.29, 1.82) is 0 Å². The standard InChI is InChI=1S/C24H25BrFNO2/c1-4-28-23-13-19(14-27-22-9-8-16(2)10-17(22)3)12-21(25)24(23)29-15-18-6-5-7-20(26)11-18/h5-13,27H,4,14-15H2,1-3H3. The van der Waals surface area contributed by atoms with Crippen molar-refractivity contribution in [2.24, 2.45) is 0 Å². The fraction of sp³-hybridized carbons (Fsp3) is 0.250. The molecule has 0 bridgehead atoms. The van der Waals surface area contributed by atoms with E-state index in [9.17, 15) is 4.39 Å². The highest BCUT2D eigenvalue weighted by molar-refractivity contribution is 9.10. The number of hydrogen-bond acceptors (Lipinski definition) is 3. The molecule has 3 nitrogen and oxygen atoms in total. The number of rotatable bonds is 8. The lowest BCUT2D eigenvalue weighted by Crippen LogP contribution is -2.05.